The van der Waals surface area contributed by atoms with Crippen molar-refractivity contribution >= 4 is 41.0 Å². The van der Waals surface area contributed by atoms with Gasteiger partial charge in [-0.3, -0.25) is 24.1 Å². The predicted octanol–water partition coefficient (Wildman–Crippen LogP) is 7.50. The number of piperidine rings is 2. The van der Waals surface area contributed by atoms with E-state index in [9.17, 15) is 33.1 Å². The quantitative estimate of drug-likeness (QED) is 0.0962. The van der Waals surface area contributed by atoms with Crippen molar-refractivity contribution in [2.45, 2.75) is 114 Å². The first-order valence-corrected chi connectivity index (χ1v) is 29.6. The van der Waals surface area contributed by atoms with E-state index in [1.165, 1.54) is 12.1 Å². The third-order valence-corrected chi connectivity index (χ3v) is 18.3. The minimum Gasteiger partial charge on any atom is -0.387 e. The van der Waals surface area contributed by atoms with E-state index in [0.717, 1.165) is 138 Å². The van der Waals surface area contributed by atoms with Crippen LogP contribution in [0, 0.1) is 23.5 Å². The zero-order valence-corrected chi connectivity index (χ0v) is 46.6. The van der Waals surface area contributed by atoms with Gasteiger partial charge >= 0.3 is 0 Å². The van der Waals surface area contributed by atoms with Crippen LogP contribution in [0.15, 0.2) is 73.1 Å². The second-order valence-electron chi connectivity index (χ2n) is 23.3. The number of hydrogen-bond acceptors (Lipinski definition) is 11. The summed E-state index contributed by atoms with van der Waals surface area (Å²) in [5.74, 6) is -0.0194. The minimum absolute atomic E-state index is 0.0144. The zero-order chi connectivity index (χ0) is 55.0. The van der Waals surface area contributed by atoms with Gasteiger partial charge < -0.3 is 40.2 Å². The summed E-state index contributed by atoms with van der Waals surface area (Å²) in [6.07, 6.45) is 11.2. The highest BCUT2D eigenvalue weighted by molar-refractivity contribution is 6.30. The predicted molar refractivity (Wildman–Crippen MR) is 301 cm³/mol. The number of piperazine rings is 2. The molecule has 4 aromatic rings. The maximum absolute atomic E-state index is 14.5. The van der Waals surface area contributed by atoms with Crippen LogP contribution in [0.25, 0.3) is 0 Å². The van der Waals surface area contributed by atoms with E-state index in [-0.39, 0.29) is 60.4 Å². The number of anilines is 1. The van der Waals surface area contributed by atoms with Crippen molar-refractivity contribution in [1.82, 2.24) is 45.1 Å². The molecule has 4 amide bonds. The van der Waals surface area contributed by atoms with Crippen molar-refractivity contribution in [3.05, 3.63) is 123 Å². The monoisotopic (exact) mass is 1100 g/mol. The Morgan fingerprint density at radius 3 is 2.24 bits per heavy atom. The lowest BCUT2D eigenvalue weighted by atomic mass is 9.83. The van der Waals surface area contributed by atoms with Crippen molar-refractivity contribution in [3.8, 4) is 0 Å². The maximum atomic E-state index is 14.5. The van der Waals surface area contributed by atoms with E-state index in [4.69, 9.17) is 11.6 Å². The number of rotatable bonds is 17. The number of aliphatic hydroxyl groups is 1. The fraction of sp³-hybridized carbons (Fsp3) is 0.574. The van der Waals surface area contributed by atoms with Crippen molar-refractivity contribution in [1.29, 1.82) is 0 Å². The number of nitrogens with zero attached hydrogens (tertiary/aromatic N) is 8. The van der Waals surface area contributed by atoms with E-state index >= 15 is 0 Å². The highest BCUT2D eigenvalue weighted by Crippen LogP contribution is 2.43. The van der Waals surface area contributed by atoms with Gasteiger partial charge in [-0.25, -0.2) is 18.7 Å². The van der Waals surface area contributed by atoms with Crippen molar-refractivity contribution < 1.29 is 33.1 Å². The molecule has 5 fully saturated rings. The first kappa shape index (κ1) is 56.7. The Kier molecular flexibility index (Phi) is 18.9. The molecule has 5 atom stereocenters. The van der Waals surface area contributed by atoms with Crippen molar-refractivity contribution in [2.24, 2.45) is 11.8 Å². The molecule has 1 unspecified atom stereocenters. The van der Waals surface area contributed by atoms with Gasteiger partial charge in [-0.1, -0.05) is 68.1 Å². The van der Waals surface area contributed by atoms with Crippen LogP contribution in [0.3, 0.4) is 0 Å². The van der Waals surface area contributed by atoms with Gasteiger partial charge in [-0.05, 0) is 130 Å². The number of nitrogens with one attached hydrogen (secondary N) is 2. The number of amides is 4. The van der Waals surface area contributed by atoms with E-state index in [1.807, 2.05) is 57.2 Å². The van der Waals surface area contributed by atoms with Gasteiger partial charge in [0, 0.05) is 112 Å². The van der Waals surface area contributed by atoms with E-state index in [0.29, 0.717) is 80.8 Å². The zero-order valence-electron chi connectivity index (χ0n) is 45.9. The summed E-state index contributed by atoms with van der Waals surface area (Å²) in [6.45, 7) is 12.5. The normalized spacial score (nSPS) is 22.6. The molecular formula is C61H79ClF2N10O5. The lowest BCUT2D eigenvalue weighted by Gasteiger charge is -2.41. The number of carbonyl (C=O) groups excluding carboxylic acids is 4. The molecule has 10 rings (SSSR count). The number of carbonyl (C=O) groups is 4. The maximum Gasteiger partial charge on any atom is 0.251 e. The van der Waals surface area contributed by atoms with Gasteiger partial charge in [-0.15, -0.1) is 0 Å². The molecule has 3 N–H and O–H groups in total. The van der Waals surface area contributed by atoms with Crippen LogP contribution < -0.4 is 15.5 Å². The average molecular weight is 1110 g/mol. The summed E-state index contributed by atoms with van der Waals surface area (Å²) in [4.78, 5) is 78.5. The van der Waals surface area contributed by atoms with Gasteiger partial charge in [0.05, 0.1) is 24.3 Å². The van der Waals surface area contributed by atoms with Crippen LogP contribution in [0.2, 0.25) is 5.02 Å². The van der Waals surface area contributed by atoms with E-state index in [1.54, 1.807) is 12.4 Å². The van der Waals surface area contributed by atoms with Gasteiger partial charge in [0.15, 0.2) is 0 Å². The van der Waals surface area contributed by atoms with Crippen LogP contribution in [0.1, 0.15) is 140 Å². The molecule has 4 saturated heterocycles. The van der Waals surface area contributed by atoms with Gasteiger partial charge in [0.2, 0.25) is 17.7 Å². The number of aliphatic hydroxyl groups excluding tert-OH is 1. The number of hydrogen-bond donors (Lipinski definition) is 3. The molecule has 1 aromatic heterocycles. The summed E-state index contributed by atoms with van der Waals surface area (Å²) in [5.41, 5.74) is 4.54. The summed E-state index contributed by atoms with van der Waals surface area (Å²) < 4.78 is 27.5. The smallest absolute Gasteiger partial charge is 0.251 e. The number of likely N-dealkylation sites (tertiary alicyclic amines) is 2. The molecule has 3 aromatic carbocycles. The molecule has 79 heavy (non-hydrogen) atoms. The second-order valence-corrected chi connectivity index (χ2v) is 23.7. The number of halogens is 3. The van der Waals surface area contributed by atoms with Crippen LogP contribution >= 0.6 is 11.6 Å². The number of fused-ring (bicyclic) bond motifs is 1. The molecule has 4 aliphatic heterocycles. The Morgan fingerprint density at radius 2 is 1.49 bits per heavy atom. The summed E-state index contributed by atoms with van der Waals surface area (Å²) in [6, 6.07) is 18.2. The molecular weight excluding hydrogens is 1030 g/mol. The van der Waals surface area contributed by atoms with Crippen LogP contribution in [-0.2, 0) is 20.9 Å². The lowest BCUT2D eigenvalue weighted by Crippen LogP contribution is -2.57. The molecule has 0 radical (unpaired) electrons. The first-order chi connectivity index (χ1) is 38.3. The Hall–Kier alpha value is -5.59. The fourth-order valence-corrected chi connectivity index (χ4v) is 13.5. The molecule has 0 bridgehead atoms. The average Bonchev–Trinajstić information content (AvgIpc) is 3.84. The highest BCUT2D eigenvalue weighted by atomic mass is 35.5. The topological polar surface area (TPSA) is 158 Å². The van der Waals surface area contributed by atoms with E-state index in [2.05, 4.69) is 42.2 Å². The third kappa shape index (κ3) is 14.0. The molecule has 18 heteroatoms. The van der Waals surface area contributed by atoms with Crippen molar-refractivity contribution in [2.75, 3.05) is 103 Å². The van der Waals surface area contributed by atoms with Crippen molar-refractivity contribution in [3.63, 3.8) is 0 Å². The molecule has 6 aliphatic rings. The minimum atomic E-state index is -0.649. The van der Waals surface area contributed by atoms with Gasteiger partial charge in [0.1, 0.15) is 29.8 Å². The summed E-state index contributed by atoms with van der Waals surface area (Å²) in [7, 11) is 0. The molecule has 15 nitrogen and oxygen atoms in total. The molecule has 424 valence electrons. The molecule has 2 aliphatic carbocycles. The van der Waals surface area contributed by atoms with Crippen LogP contribution in [-0.4, -0.2) is 167 Å². The highest BCUT2D eigenvalue weighted by Gasteiger charge is 2.38. The van der Waals surface area contributed by atoms with E-state index < -0.39 is 23.8 Å². The van der Waals surface area contributed by atoms with Crippen LogP contribution in [0.5, 0.6) is 0 Å². The molecule has 1 saturated carbocycles. The fourth-order valence-electron chi connectivity index (χ4n) is 13.4. The first-order valence-electron chi connectivity index (χ1n) is 29.2. The Balaban J connectivity index is 0.679. The Labute approximate surface area is 469 Å². The number of benzene rings is 3. The SMILES string of the molecule is C[C@@H]1C[C@@H](O)c2ncnc(N3CCN(C(=O)[C@@H](CCN4CCC(CN5CCN(C(=O)[C@H](NC(=O)c6cccc(C7CCCN(C(=O)CNCc8ccc(F)cc8F)C7)c6)C6CCCCC6)CC5)CC4)c4ccc(Cl)cc4)CC3)c21. The Morgan fingerprint density at radius 1 is 0.759 bits per heavy atom. The third-order valence-electron chi connectivity index (χ3n) is 18.1. The number of aromatic nitrogens is 2. The molecule has 0 spiro atoms. The summed E-state index contributed by atoms with van der Waals surface area (Å²) >= 11 is 6.33. The Bertz CT molecular complexity index is 2740. The van der Waals surface area contributed by atoms with Crippen LogP contribution in [0.4, 0.5) is 14.6 Å². The lowest BCUT2D eigenvalue weighted by molar-refractivity contribution is -0.137. The van der Waals surface area contributed by atoms with Gasteiger partial charge in [-0.2, -0.15) is 0 Å². The standard InChI is InChI=1S/C61H79ClF2N10O5/c1-41-33-53(75)57-55(41)58(67-40-66-57)71-29-31-72(32-30-71)60(78)51(43-12-15-49(62)16-13-43)20-24-69-22-18-42(19-23-69)38-70-25-27-73(28-26-70)61(79)56(44-7-3-2-4-8-44)68-59(77)46-10-5-9-45(34-46)48-11-6-21-74(39-48)54(76)37-65-36-47-14-17-50(63)35-52(47)64/h5,9-10,12-17,34-35,40-42,44,48,51,53,56,65,75H,2-4,6-8,11,18-33,36-39H2,1H3,(H,68,77)/t41-,48?,51+,53-,56-/m1/s1. The second kappa shape index (κ2) is 26.3. The largest absolute Gasteiger partial charge is 0.387 e. The molecule has 5 heterocycles. The summed E-state index contributed by atoms with van der Waals surface area (Å²) in [5, 5.41) is 17.5. The van der Waals surface area contributed by atoms with Gasteiger partial charge in [0.25, 0.3) is 5.91 Å².